The number of H-pyrrole nitrogens is 1. The quantitative estimate of drug-likeness (QED) is 0.724. The zero-order valence-electron chi connectivity index (χ0n) is 10.3. The van der Waals surface area contributed by atoms with Crippen LogP contribution in [-0.2, 0) is 0 Å². The molecule has 0 amide bonds. The number of hydrogen-bond donors (Lipinski definition) is 2. The first kappa shape index (κ1) is 13.1. The van der Waals surface area contributed by atoms with Crippen molar-refractivity contribution in [1.82, 2.24) is 9.97 Å². The molecule has 7 heteroatoms. The summed E-state index contributed by atoms with van der Waals surface area (Å²) in [4.78, 5) is 19.8. The molecule has 3 N–H and O–H groups in total. The molecule has 0 aliphatic rings. The lowest BCUT2D eigenvalue weighted by molar-refractivity contribution is 0.629. The predicted octanol–water partition coefficient (Wildman–Crippen LogP) is 3.33. The zero-order valence-corrected chi connectivity index (χ0v) is 11.9. The van der Waals surface area contributed by atoms with Gasteiger partial charge in [-0.05, 0) is 30.2 Å². The minimum Gasteiger partial charge on any atom is -0.369 e. The molecule has 2 heterocycles. The van der Waals surface area contributed by atoms with Crippen LogP contribution in [0.25, 0.3) is 20.7 Å². The number of anilines is 1. The molecule has 0 spiro atoms. The number of rotatable bonds is 1. The van der Waals surface area contributed by atoms with Gasteiger partial charge in [-0.2, -0.15) is 0 Å². The molecule has 1 aromatic carbocycles. The predicted molar refractivity (Wildman–Crippen MR) is 79.8 cm³/mol. The summed E-state index contributed by atoms with van der Waals surface area (Å²) in [6.45, 7) is 1.80. The lowest BCUT2D eigenvalue weighted by atomic mass is 10.1. The number of nitrogens with one attached hydrogen (secondary N) is 1. The standard InChI is InChI=1S/C13H9ClFN3OS/c1-5-9-11(19)17-13(16)18-12(9)20-10(5)6-2-3-7(14)8(15)4-6/h2-4H,1H3,(H3,16,17,18,19). The number of hydrogen-bond acceptors (Lipinski definition) is 4. The van der Waals surface area contributed by atoms with E-state index >= 15 is 0 Å². The molecule has 0 aliphatic heterocycles. The molecule has 0 unspecified atom stereocenters. The Morgan fingerprint density at radius 1 is 1.45 bits per heavy atom. The maximum Gasteiger partial charge on any atom is 0.261 e. The van der Waals surface area contributed by atoms with Gasteiger partial charge in [-0.25, -0.2) is 9.37 Å². The Morgan fingerprint density at radius 3 is 2.90 bits per heavy atom. The molecule has 0 fully saturated rings. The number of nitrogen functional groups attached to an aromatic ring is 1. The van der Waals surface area contributed by atoms with Crippen molar-refractivity contribution in [2.75, 3.05) is 5.73 Å². The largest absolute Gasteiger partial charge is 0.369 e. The van der Waals surface area contributed by atoms with Crippen molar-refractivity contribution in [3.63, 3.8) is 0 Å². The van der Waals surface area contributed by atoms with Gasteiger partial charge in [0.15, 0.2) is 0 Å². The normalized spacial score (nSPS) is 11.2. The fourth-order valence-electron chi connectivity index (χ4n) is 2.07. The van der Waals surface area contributed by atoms with Crippen LogP contribution in [0.2, 0.25) is 5.02 Å². The van der Waals surface area contributed by atoms with Crippen molar-refractivity contribution in [3.05, 3.63) is 45.0 Å². The van der Waals surface area contributed by atoms with E-state index in [-0.39, 0.29) is 16.5 Å². The van der Waals surface area contributed by atoms with Gasteiger partial charge in [-0.3, -0.25) is 9.78 Å². The molecule has 3 aromatic rings. The number of aryl methyl sites for hydroxylation is 1. The highest BCUT2D eigenvalue weighted by Gasteiger charge is 2.15. The van der Waals surface area contributed by atoms with Crippen LogP contribution in [0, 0.1) is 12.7 Å². The third-order valence-corrected chi connectivity index (χ3v) is 4.54. The van der Waals surface area contributed by atoms with Gasteiger partial charge in [-0.1, -0.05) is 17.7 Å². The van der Waals surface area contributed by atoms with Crippen LogP contribution in [0.4, 0.5) is 10.3 Å². The van der Waals surface area contributed by atoms with E-state index < -0.39 is 5.82 Å². The molecule has 0 saturated carbocycles. The number of nitrogens with zero attached hydrogens (tertiary/aromatic N) is 1. The fraction of sp³-hybridized carbons (Fsp3) is 0.0769. The van der Waals surface area contributed by atoms with Crippen molar-refractivity contribution in [2.45, 2.75) is 6.92 Å². The summed E-state index contributed by atoms with van der Waals surface area (Å²) in [7, 11) is 0. The number of aromatic nitrogens is 2. The smallest absolute Gasteiger partial charge is 0.261 e. The molecule has 2 aromatic heterocycles. The lowest BCUT2D eigenvalue weighted by Crippen LogP contribution is -2.10. The summed E-state index contributed by atoms with van der Waals surface area (Å²) in [5.41, 5.74) is 6.65. The third-order valence-electron chi connectivity index (χ3n) is 3.00. The van der Waals surface area contributed by atoms with E-state index in [4.69, 9.17) is 17.3 Å². The van der Waals surface area contributed by atoms with Gasteiger partial charge in [0, 0.05) is 4.88 Å². The van der Waals surface area contributed by atoms with Gasteiger partial charge in [0.05, 0.1) is 10.4 Å². The zero-order chi connectivity index (χ0) is 14.4. The van der Waals surface area contributed by atoms with Crippen molar-refractivity contribution in [1.29, 1.82) is 0 Å². The Bertz CT molecular complexity index is 887. The third kappa shape index (κ3) is 1.97. The van der Waals surface area contributed by atoms with Crippen LogP contribution < -0.4 is 11.3 Å². The Labute approximate surface area is 122 Å². The molecular weight excluding hydrogens is 301 g/mol. The molecule has 0 saturated heterocycles. The van der Waals surface area contributed by atoms with E-state index in [2.05, 4.69) is 9.97 Å². The minimum absolute atomic E-state index is 0.0627. The summed E-state index contributed by atoms with van der Waals surface area (Å²) < 4.78 is 13.6. The van der Waals surface area contributed by atoms with Gasteiger partial charge >= 0.3 is 0 Å². The second kappa shape index (κ2) is 4.57. The highest BCUT2D eigenvalue weighted by molar-refractivity contribution is 7.22. The fourth-order valence-corrected chi connectivity index (χ4v) is 3.38. The Hall–Kier alpha value is -1.92. The number of fused-ring (bicyclic) bond motifs is 1. The van der Waals surface area contributed by atoms with Gasteiger partial charge in [-0.15, -0.1) is 11.3 Å². The van der Waals surface area contributed by atoms with E-state index in [1.54, 1.807) is 13.0 Å². The van der Waals surface area contributed by atoms with Crippen molar-refractivity contribution < 1.29 is 4.39 Å². The van der Waals surface area contributed by atoms with Gasteiger partial charge < -0.3 is 5.73 Å². The molecular formula is C13H9ClFN3OS. The number of thiophene rings is 1. The van der Waals surface area contributed by atoms with Crippen LogP contribution in [0.5, 0.6) is 0 Å². The monoisotopic (exact) mass is 309 g/mol. The first-order valence-corrected chi connectivity index (χ1v) is 6.91. The maximum absolute atomic E-state index is 13.6. The summed E-state index contributed by atoms with van der Waals surface area (Å²) in [6, 6.07) is 4.54. The Kier molecular flexibility index (Phi) is 2.99. The van der Waals surface area contributed by atoms with Crippen LogP contribution in [-0.4, -0.2) is 9.97 Å². The van der Waals surface area contributed by atoms with Crippen LogP contribution in [0.15, 0.2) is 23.0 Å². The van der Waals surface area contributed by atoms with E-state index in [1.807, 2.05) is 0 Å². The number of aromatic amines is 1. The van der Waals surface area contributed by atoms with Crippen LogP contribution in [0.3, 0.4) is 0 Å². The van der Waals surface area contributed by atoms with Crippen molar-refractivity contribution >= 4 is 39.1 Å². The average molecular weight is 310 g/mol. The summed E-state index contributed by atoms with van der Waals surface area (Å²) in [5, 5.41) is 0.544. The number of nitrogens with two attached hydrogens (primary N) is 1. The lowest BCUT2D eigenvalue weighted by Gasteiger charge is -2.01. The summed E-state index contributed by atoms with van der Waals surface area (Å²) in [5.74, 6) is -0.431. The molecule has 4 nitrogen and oxygen atoms in total. The van der Waals surface area contributed by atoms with Crippen molar-refractivity contribution in [3.8, 4) is 10.4 Å². The van der Waals surface area contributed by atoms with Gasteiger partial charge in [0.25, 0.3) is 5.56 Å². The SMILES string of the molecule is Cc1c(-c2ccc(Cl)c(F)c2)sc2nc(N)[nH]c(=O)c12. The molecule has 20 heavy (non-hydrogen) atoms. The molecule has 0 bridgehead atoms. The average Bonchev–Trinajstić information content (AvgIpc) is 2.70. The summed E-state index contributed by atoms with van der Waals surface area (Å²) in [6.07, 6.45) is 0. The second-order valence-corrected chi connectivity index (χ2v) is 5.72. The Morgan fingerprint density at radius 2 is 2.20 bits per heavy atom. The first-order valence-electron chi connectivity index (χ1n) is 5.71. The first-order chi connectivity index (χ1) is 9.47. The van der Waals surface area contributed by atoms with Crippen LogP contribution in [0.1, 0.15) is 5.56 Å². The van der Waals surface area contributed by atoms with E-state index in [0.717, 1.165) is 10.4 Å². The van der Waals surface area contributed by atoms with E-state index in [0.29, 0.717) is 15.8 Å². The molecule has 0 aliphatic carbocycles. The second-order valence-electron chi connectivity index (χ2n) is 4.32. The Balaban J connectivity index is 2.32. The molecule has 0 radical (unpaired) electrons. The van der Waals surface area contributed by atoms with E-state index in [9.17, 15) is 9.18 Å². The maximum atomic E-state index is 13.6. The van der Waals surface area contributed by atoms with Gasteiger partial charge in [0.1, 0.15) is 10.6 Å². The highest BCUT2D eigenvalue weighted by atomic mass is 35.5. The molecule has 102 valence electrons. The minimum atomic E-state index is -0.498. The number of halogens is 2. The molecule has 3 rings (SSSR count). The number of benzene rings is 1. The van der Waals surface area contributed by atoms with Crippen LogP contribution >= 0.6 is 22.9 Å². The van der Waals surface area contributed by atoms with E-state index in [1.165, 1.54) is 23.5 Å². The summed E-state index contributed by atoms with van der Waals surface area (Å²) >= 11 is 6.98. The molecule has 0 atom stereocenters. The van der Waals surface area contributed by atoms with Gasteiger partial charge in [0.2, 0.25) is 5.95 Å². The topological polar surface area (TPSA) is 71.8 Å². The van der Waals surface area contributed by atoms with Crippen molar-refractivity contribution in [2.24, 2.45) is 0 Å². The highest BCUT2D eigenvalue weighted by Crippen LogP contribution is 2.36.